The average Bonchev–Trinajstić information content (AvgIpc) is 2.55. The van der Waals surface area contributed by atoms with E-state index in [0.29, 0.717) is 6.54 Å². The summed E-state index contributed by atoms with van der Waals surface area (Å²) in [6.07, 6.45) is 9.17. The minimum atomic E-state index is -3.04. The van der Waals surface area contributed by atoms with Crippen molar-refractivity contribution in [1.29, 1.82) is 0 Å². The van der Waals surface area contributed by atoms with Crippen molar-refractivity contribution in [2.24, 2.45) is 5.50 Å². The molecule has 3 N–H and O–H groups in total. The van der Waals surface area contributed by atoms with Crippen LogP contribution < -0.4 is 15.3 Å². The molecule has 1 aromatic carbocycles. The second-order valence-corrected chi connectivity index (χ2v) is 8.16. The van der Waals surface area contributed by atoms with Crippen molar-refractivity contribution in [3.8, 4) is 0 Å². The van der Waals surface area contributed by atoms with Crippen LogP contribution in [0.25, 0.3) is 0 Å². The fourth-order valence-corrected chi connectivity index (χ4v) is 4.18. The maximum absolute atomic E-state index is 13.0. The third-order valence-corrected chi connectivity index (χ3v) is 5.83. The number of anilines is 1. The van der Waals surface area contributed by atoms with Gasteiger partial charge in [0.05, 0.1) is 0 Å². The van der Waals surface area contributed by atoms with Gasteiger partial charge in [-0.3, -0.25) is 14.7 Å². The van der Waals surface area contributed by atoms with Gasteiger partial charge in [-0.2, -0.15) is 0 Å². The summed E-state index contributed by atoms with van der Waals surface area (Å²) in [6.45, 7) is 5.83. The quantitative estimate of drug-likeness (QED) is 0.378. The molecule has 0 heterocycles. The molecule has 23 heavy (non-hydrogen) atoms. The van der Waals surface area contributed by atoms with E-state index < -0.39 is 7.59 Å². The highest BCUT2D eigenvalue weighted by molar-refractivity contribution is 7.61. The van der Waals surface area contributed by atoms with E-state index in [2.05, 4.69) is 18.9 Å². The predicted octanol–water partition coefficient (Wildman–Crippen LogP) is 5.31. The molecule has 1 aromatic rings. The fourth-order valence-electron chi connectivity index (χ4n) is 2.61. The molecule has 0 aliphatic carbocycles. The number of nitrogens with two attached hydrogens (primary N) is 1. The summed E-state index contributed by atoms with van der Waals surface area (Å²) >= 11 is 0. The van der Waals surface area contributed by atoms with E-state index in [4.69, 9.17) is 5.50 Å². The van der Waals surface area contributed by atoms with Gasteiger partial charge in [-0.05, 0) is 25.0 Å². The molecule has 0 aliphatic rings. The average molecular weight is 339 g/mol. The van der Waals surface area contributed by atoms with Crippen LogP contribution in [0.3, 0.4) is 0 Å². The van der Waals surface area contributed by atoms with Gasteiger partial charge in [0.1, 0.15) is 0 Å². The second kappa shape index (κ2) is 11.7. The smallest absolute Gasteiger partial charge is 0.300 e. The molecule has 0 fully saturated rings. The Balaban J connectivity index is 2.63. The molecule has 0 saturated heterocycles. The fraction of sp³-hybridized carbons (Fsp3) is 0.667. The first kappa shape index (κ1) is 20.2. The normalized spacial score (nSPS) is 13.7. The summed E-state index contributed by atoms with van der Waals surface area (Å²) in [4.78, 5) is 0. The molecule has 0 saturated carbocycles. The molecule has 0 spiro atoms. The number of nitrogens with one attached hydrogen (secondary N) is 1. The molecule has 132 valence electrons. The molecule has 0 aliphatic heterocycles. The van der Waals surface area contributed by atoms with E-state index in [1.807, 2.05) is 35.0 Å². The molecule has 0 aromatic heterocycles. The lowest BCUT2D eigenvalue weighted by Gasteiger charge is -2.31. The number of unbranched alkanes of at least 4 members (excludes halogenated alkanes) is 6. The lowest BCUT2D eigenvalue weighted by molar-refractivity contribution is 0.553. The van der Waals surface area contributed by atoms with Gasteiger partial charge in [-0.15, -0.1) is 0 Å². The van der Waals surface area contributed by atoms with Crippen LogP contribution in [-0.2, 0) is 4.57 Å². The van der Waals surface area contributed by atoms with Gasteiger partial charge >= 0.3 is 7.59 Å². The summed E-state index contributed by atoms with van der Waals surface area (Å²) in [7, 11) is -3.04. The van der Waals surface area contributed by atoms with E-state index in [1.54, 1.807) is 0 Å². The Kier molecular flexibility index (Phi) is 10.3. The van der Waals surface area contributed by atoms with Gasteiger partial charge < -0.3 is 0 Å². The highest BCUT2D eigenvalue weighted by Crippen LogP contribution is 2.41. The van der Waals surface area contributed by atoms with E-state index in [0.717, 1.165) is 37.9 Å². The van der Waals surface area contributed by atoms with Crippen molar-refractivity contribution >= 4 is 13.3 Å². The minimum absolute atomic E-state index is 0.714. The Hall–Kier alpha value is -0.830. The highest BCUT2D eigenvalue weighted by atomic mass is 31.2. The lowest BCUT2D eigenvalue weighted by Crippen LogP contribution is -2.33. The molecule has 0 bridgehead atoms. The first-order chi connectivity index (χ1) is 11.1. The van der Waals surface area contributed by atoms with E-state index >= 15 is 0 Å². The largest absolute Gasteiger partial charge is 0.303 e. The minimum Gasteiger partial charge on any atom is -0.300 e. The molecule has 0 amide bonds. The molecule has 5 heteroatoms. The summed E-state index contributed by atoms with van der Waals surface area (Å²) in [5, 5.41) is 3.12. The Morgan fingerprint density at radius 2 is 1.57 bits per heavy atom. The van der Waals surface area contributed by atoms with E-state index in [-0.39, 0.29) is 0 Å². The number of hydrogen-bond donors (Lipinski definition) is 2. The number of hydrogen-bond acceptors (Lipinski definition) is 1. The summed E-state index contributed by atoms with van der Waals surface area (Å²) in [6, 6.07) is 9.87. The van der Waals surface area contributed by atoms with Gasteiger partial charge in [-0.1, -0.05) is 70.6 Å². The Bertz CT molecular complexity index is 453. The highest BCUT2D eigenvalue weighted by Gasteiger charge is 2.25. The standard InChI is InChI=1S/C18H34N3OP/c1-3-5-7-12-16-20-23(19,22)21(17-13-8-6-4-2)18-14-10-9-11-15-18/h9-11,14-15H,3-8,12-13,16-17H2,1-2H3,(H3,19,20,22). The summed E-state index contributed by atoms with van der Waals surface area (Å²) < 4.78 is 14.9. The van der Waals surface area contributed by atoms with Crippen molar-refractivity contribution in [3.05, 3.63) is 30.3 Å². The number of nitrogens with zero attached hydrogens (tertiary/aromatic N) is 1. The van der Waals surface area contributed by atoms with E-state index in [1.165, 1.54) is 25.7 Å². The molecular weight excluding hydrogens is 305 g/mol. The number of benzene rings is 1. The van der Waals surface area contributed by atoms with Crippen LogP contribution >= 0.6 is 7.59 Å². The van der Waals surface area contributed by atoms with Crippen LogP contribution in [-0.4, -0.2) is 13.1 Å². The Labute approximate surface area is 142 Å². The monoisotopic (exact) mass is 339 g/mol. The summed E-state index contributed by atoms with van der Waals surface area (Å²) in [5.41, 5.74) is 7.13. The first-order valence-corrected chi connectivity index (χ1v) is 10.8. The van der Waals surface area contributed by atoms with Crippen LogP contribution in [0.1, 0.15) is 65.2 Å². The van der Waals surface area contributed by atoms with Crippen molar-refractivity contribution in [2.45, 2.75) is 65.2 Å². The van der Waals surface area contributed by atoms with Crippen molar-refractivity contribution in [1.82, 2.24) is 5.09 Å². The maximum atomic E-state index is 13.0. The van der Waals surface area contributed by atoms with Crippen molar-refractivity contribution in [2.75, 3.05) is 17.8 Å². The SMILES string of the molecule is CCCCCCNP(N)(=O)N(CCCCCC)c1ccccc1. The zero-order valence-corrected chi connectivity index (χ0v) is 15.7. The Morgan fingerprint density at radius 3 is 2.17 bits per heavy atom. The Morgan fingerprint density at radius 1 is 0.957 bits per heavy atom. The summed E-state index contributed by atoms with van der Waals surface area (Å²) in [5.74, 6) is 0. The lowest BCUT2D eigenvalue weighted by atomic mass is 10.2. The number of para-hydroxylation sites is 1. The van der Waals surface area contributed by atoms with Crippen LogP contribution in [0.2, 0.25) is 0 Å². The topological polar surface area (TPSA) is 58.4 Å². The third kappa shape index (κ3) is 8.01. The van der Waals surface area contributed by atoms with Gasteiger partial charge in [0.2, 0.25) is 0 Å². The first-order valence-electron chi connectivity index (χ1n) is 9.08. The molecule has 1 unspecified atom stereocenters. The second-order valence-electron chi connectivity index (χ2n) is 6.11. The van der Waals surface area contributed by atoms with Crippen LogP contribution in [0.4, 0.5) is 5.69 Å². The van der Waals surface area contributed by atoms with Crippen LogP contribution in [0.15, 0.2) is 30.3 Å². The molecular formula is C18H34N3OP. The van der Waals surface area contributed by atoms with Gasteiger partial charge in [0.15, 0.2) is 0 Å². The molecule has 4 nitrogen and oxygen atoms in total. The predicted molar refractivity (Wildman–Crippen MR) is 102 cm³/mol. The van der Waals surface area contributed by atoms with Crippen LogP contribution in [0, 0.1) is 0 Å². The molecule has 0 radical (unpaired) electrons. The van der Waals surface area contributed by atoms with Crippen molar-refractivity contribution < 1.29 is 4.57 Å². The van der Waals surface area contributed by atoms with Gasteiger partial charge in [-0.25, -0.2) is 5.09 Å². The third-order valence-electron chi connectivity index (χ3n) is 4.01. The van der Waals surface area contributed by atoms with Crippen molar-refractivity contribution in [3.63, 3.8) is 0 Å². The van der Waals surface area contributed by atoms with E-state index in [9.17, 15) is 4.57 Å². The maximum Gasteiger partial charge on any atom is 0.303 e. The zero-order chi connectivity index (χ0) is 17.0. The molecule has 1 rings (SSSR count). The number of rotatable bonds is 13. The van der Waals surface area contributed by atoms with Gasteiger partial charge in [0.25, 0.3) is 0 Å². The molecule has 1 atom stereocenters. The van der Waals surface area contributed by atoms with Gasteiger partial charge in [0, 0.05) is 18.8 Å². The zero-order valence-electron chi connectivity index (χ0n) is 14.8. The van der Waals surface area contributed by atoms with Crippen LogP contribution in [0.5, 0.6) is 0 Å².